The van der Waals surface area contributed by atoms with Crippen LogP contribution in [0.4, 0.5) is 0 Å². The van der Waals surface area contributed by atoms with Gasteiger partial charge in [0.05, 0.1) is 5.01 Å². The van der Waals surface area contributed by atoms with Gasteiger partial charge in [0.1, 0.15) is 0 Å². The van der Waals surface area contributed by atoms with Gasteiger partial charge >= 0.3 is 0 Å². The van der Waals surface area contributed by atoms with E-state index in [1.165, 1.54) is 26.6 Å². The molecule has 2 rings (SSSR count). The molecule has 0 aliphatic carbocycles. The Bertz CT molecular complexity index is 656. The number of hydrogen-bond acceptors (Lipinski definition) is 3. The molecule has 2 aromatic rings. The normalized spacial score (nSPS) is 11.6. The van der Waals surface area contributed by atoms with Crippen LogP contribution in [-0.2, 0) is 19.3 Å². The van der Waals surface area contributed by atoms with Crippen molar-refractivity contribution in [2.75, 3.05) is 20.1 Å². The maximum Gasteiger partial charge on any atom is 0.191 e. The van der Waals surface area contributed by atoms with Crippen molar-refractivity contribution in [3.8, 4) is 0 Å². The van der Waals surface area contributed by atoms with Crippen LogP contribution in [0.5, 0.6) is 0 Å². The summed E-state index contributed by atoms with van der Waals surface area (Å²) in [5.41, 5.74) is 4.01. The highest BCUT2D eigenvalue weighted by molar-refractivity contribution is 7.11. The maximum absolute atomic E-state index is 4.45. The molecular formula is C19H28N4S. The summed E-state index contributed by atoms with van der Waals surface area (Å²) in [5, 5.41) is 7.93. The van der Waals surface area contributed by atoms with Crippen molar-refractivity contribution in [2.45, 2.75) is 40.0 Å². The summed E-state index contributed by atoms with van der Waals surface area (Å²) in [6.45, 7) is 8.18. The van der Waals surface area contributed by atoms with Gasteiger partial charge in [-0.2, -0.15) is 0 Å². The smallest absolute Gasteiger partial charge is 0.191 e. The van der Waals surface area contributed by atoms with Gasteiger partial charge in [0, 0.05) is 37.6 Å². The average molecular weight is 345 g/mol. The van der Waals surface area contributed by atoms with Gasteiger partial charge in [-0.05, 0) is 32.3 Å². The number of aryl methyl sites for hydroxylation is 3. The molecular weight excluding hydrogens is 316 g/mol. The summed E-state index contributed by atoms with van der Waals surface area (Å²) in [7, 11) is 1.81. The molecule has 0 saturated carbocycles. The van der Waals surface area contributed by atoms with E-state index in [4.69, 9.17) is 0 Å². The van der Waals surface area contributed by atoms with Crippen LogP contribution in [0.1, 0.15) is 33.5 Å². The fourth-order valence-electron chi connectivity index (χ4n) is 2.67. The molecule has 130 valence electrons. The molecule has 4 nitrogen and oxygen atoms in total. The Morgan fingerprint density at radius 1 is 1.08 bits per heavy atom. The molecule has 5 heteroatoms. The van der Waals surface area contributed by atoms with E-state index in [-0.39, 0.29) is 0 Å². The third kappa shape index (κ3) is 5.96. The van der Waals surface area contributed by atoms with Crippen LogP contribution in [0.3, 0.4) is 0 Å². The Kier molecular flexibility index (Phi) is 7.25. The van der Waals surface area contributed by atoms with Crippen molar-refractivity contribution in [1.82, 2.24) is 15.6 Å². The number of nitrogens with zero attached hydrogens (tertiary/aromatic N) is 2. The summed E-state index contributed by atoms with van der Waals surface area (Å²) in [4.78, 5) is 10.1. The van der Waals surface area contributed by atoms with E-state index in [9.17, 15) is 0 Å². The van der Waals surface area contributed by atoms with Gasteiger partial charge in [0.2, 0.25) is 0 Å². The van der Waals surface area contributed by atoms with E-state index < -0.39 is 0 Å². The van der Waals surface area contributed by atoms with E-state index in [0.29, 0.717) is 0 Å². The Hall–Kier alpha value is -1.88. The molecule has 0 aliphatic heterocycles. The van der Waals surface area contributed by atoms with E-state index in [1.807, 2.05) is 13.2 Å². The summed E-state index contributed by atoms with van der Waals surface area (Å²) >= 11 is 1.80. The summed E-state index contributed by atoms with van der Waals surface area (Å²) in [5.74, 6) is 0.853. The lowest BCUT2D eigenvalue weighted by Gasteiger charge is -2.12. The van der Waals surface area contributed by atoms with Gasteiger partial charge in [0.15, 0.2) is 5.96 Å². The summed E-state index contributed by atoms with van der Waals surface area (Å²) in [6, 6.07) is 6.71. The molecule has 0 spiro atoms. The fraction of sp³-hybridized carbons (Fsp3) is 0.474. The van der Waals surface area contributed by atoms with Gasteiger partial charge in [-0.1, -0.05) is 36.2 Å². The van der Waals surface area contributed by atoms with Crippen LogP contribution in [0, 0.1) is 13.8 Å². The number of aromatic nitrogens is 1. The van der Waals surface area contributed by atoms with Crippen LogP contribution in [-0.4, -0.2) is 31.1 Å². The molecule has 1 aromatic carbocycles. The third-order valence-corrected chi connectivity index (χ3v) is 4.99. The molecule has 0 saturated heterocycles. The number of nitrogens with one attached hydrogen (secondary N) is 2. The number of benzene rings is 1. The molecule has 1 heterocycles. The van der Waals surface area contributed by atoms with Gasteiger partial charge in [-0.3, -0.25) is 4.99 Å². The zero-order chi connectivity index (χ0) is 17.4. The van der Waals surface area contributed by atoms with E-state index in [0.717, 1.165) is 38.3 Å². The Labute approximate surface area is 149 Å². The number of guanidine groups is 1. The minimum absolute atomic E-state index is 0.847. The Morgan fingerprint density at radius 2 is 1.75 bits per heavy atom. The fourth-order valence-corrected chi connectivity index (χ4v) is 3.54. The predicted molar refractivity (Wildman–Crippen MR) is 104 cm³/mol. The van der Waals surface area contributed by atoms with Crippen LogP contribution in [0.2, 0.25) is 0 Å². The standard InChI is InChI=1S/C19H28N4S/c1-5-17-13-23-18(24-17)7-9-22-19(20-4)21-8-6-16-11-14(2)10-15(3)12-16/h10-13H,5-9H2,1-4H3,(H2,20,21,22). The molecule has 1 aromatic heterocycles. The highest BCUT2D eigenvalue weighted by Crippen LogP contribution is 2.13. The van der Waals surface area contributed by atoms with Gasteiger partial charge in [-0.25, -0.2) is 4.98 Å². The SMILES string of the molecule is CCc1cnc(CCNC(=NC)NCCc2cc(C)cc(C)c2)s1. The first-order valence-electron chi connectivity index (χ1n) is 8.56. The van der Waals surface area contributed by atoms with Crippen molar-refractivity contribution >= 4 is 17.3 Å². The number of rotatable bonds is 7. The Balaban J connectivity index is 1.72. The maximum atomic E-state index is 4.45. The van der Waals surface area contributed by atoms with E-state index >= 15 is 0 Å². The summed E-state index contributed by atoms with van der Waals surface area (Å²) in [6.07, 6.45) is 4.97. The first-order valence-corrected chi connectivity index (χ1v) is 9.37. The van der Waals surface area contributed by atoms with Crippen molar-refractivity contribution in [1.29, 1.82) is 0 Å². The highest BCUT2D eigenvalue weighted by atomic mass is 32.1. The van der Waals surface area contributed by atoms with Gasteiger partial charge < -0.3 is 10.6 Å². The minimum Gasteiger partial charge on any atom is -0.356 e. The van der Waals surface area contributed by atoms with E-state index in [2.05, 4.69) is 59.6 Å². The monoisotopic (exact) mass is 344 g/mol. The summed E-state index contributed by atoms with van der Waals surface area (Å²) < 4.78 is 0. The molecule has 0 unspecified atom stereocenters. The first-order chi connectivity index (χ1) is 11.6. The molecule has 0 atom stereocenters. The highest BCUT2D eigenvalue weighted by Gasteiger charge is 2.02. The zero-order valence-electron chi connectivity index (χ0n) is 15.1. The molecule has 0 fully saturated rings. The van der Waals surface area contributed by atoms with Crippen molar-refractivity contribution in [2.24, 2.45) is 4.99 Å². The second-order valence-corrected chi connectivity index (χ2v) is 7.20. The van der Waals surface area contributed by atoms with Crippen LogP contribution >= 0.6 is 11.3 Å². The quantitative estimate of drug-likeness (QED) is 0.599. The molecule has 2 N–H and O–H groups in total. The lowest BCUT2D eigenvalue weighted by atomic mass is 10.1. The topological polar surface area (TPSA) is 49.3 Å². The molecule has 0 amide bonds. The van der Waals surface area contributed by atoms with E-state index in [1.54, 1.807) is 11.3 Å². The number of thiazole rings is 1. The van der Waals surface area contributed by atoms with Crippen molar-refractivity contribution < 1.29 is 0 Å². The van der Waals surface area contributed by atoms with Crippen LogP contribution < -0.4 is 10.6 Å². The number of hydrogen-bond donors (Lipinski definition) is 2. The van der Waals surface area contributed by atoms with Gasteiger partial charge in [-0.15, -0.1) is 11.3 Å². The average Bonchev–Trinajstić information content (AvgIpc) is 3.00. The largest absolute Gasteiger partial charge is 0.356 e. The molecule has 0 bridgehead atoms. The number of aliphatic imine (C=N–C) groups is 1. The Morgan fingerprint density at radius 3 is 2.33 bits per heavy atom. The second-order valence-electron chi connectivity index (χ2n) is 6.00. The third-order valence-electron chi connectivity index (χ3n) is 3.79. The van der Waals surface area contributed by atoms with Crippen molar-refractivity contribution in [3.05, 3.63) is 51.0 Å². The van der Waals surface area contributed by atoms with Crippen molar-refractivity contribution in [3.63, 3.8) is 0 Å². The molecule has 24 heavy (non-hydrogen) atoms. The molecule has 0 aliphatic rings. The lowest BCUT2D eigenvalue weighted by Crippen LogP contribution is -2.39. The second kappa shape index (κ2) is 9.42. The zero-order valence-corrected chi connectivity index (χ0v) is 16.0. The van der Waals surface area contributed by atoms with Crippen LogP contribution in [0.25, 0.3) is 0 Å². The predicted octanol–water partition coefficient (Wildman–Crippen LogP) is 3.27. The first kappa shape index (κ1) is 18.5. The van der Waals surface area contributed by atoms with Gasteiger partial charge in [0.25, 0.3) is 0 Å². The van der Waals surface area contributed by atoms with Crippen LogP contribution in [0.15, 0.2) is 29.4 Å². The molecule has 0 radical (unpaired) electrons. The lowest BCUT2D eigenvalue weighted by molar-refractivity contribution is 0.781. The minimum atomic E-state index is 0.847.